The van der Waals surface area contributed by atoms with E-state index in [0.717, 1.165) is 55.9 Å². The van der Waals surface area contributed by atoms with Gasteiger partial charge in [0.25, 0.3) is 0 Å². The van der Waals surface area contributed by atoms with E-state index in [9.17, 15) is 4.79 Å². The summed E-state index contributed by atoms with van der Waals surface area (Å²) in [6.45, 7) is 3.47. The fourth-order valence-electron chi connectivity index (χ4n) is 3.67. The molecule has 0 aliphatic carbocycles. The number of carboxylic acids is 1. The standard InChI is InChI=1S/C20H24N6O2.Na.H/c1-25-17-5-3-2-4-16(17)24-18(25)13-21-10-14-6-8-26(9-7-14)20-22-11-15(12-23-20)19(27)28;;/h2-5,11-12,14,21H,6-10,13H2,1H3,(H,27,28);;/q;+1;-1. The number of aromatic nitrogens is 4. The van der Waals surface area contributed by atoms with Crippen LogP contribution in [0.5, 0.6) is 0 Å². The third kappa shape index (κ3) is 4.95. The fraction of sp³-hybridized carbons (Fsp3) is 0.400. The van der Waals surface area contributed by atoms with Crippen molar-refractivity contribution in [3.8, 4) is 0 Å². The summed E-state index contributed by atoms with van der Waals surface area (Å²) in [6, 6.07) is 8.18. The van der Waals surface area contributed by atoms with Gasteiger partial charge in [-0.15, -0.1) is 0 Å². The molecule has 1 saturated heterocycles. The van der Waals surface area contributed by atoms with Gasteiger partial charge in [-0.05, 0) is 37.4 Å². The Morgan fingerprint density at radius 2 is 1.93 bits per heavy atom. The van der Waals surface area contributed by atoms with Crippen molar-refractivity contribution in [1.29, 1.82) is 0 Å². The van der Waals surface area contributed by atoms with Crippen LogP contribution in [0.25, 0.3) is 11.0 Å². The van der Waals surface area contributed by atoms with Crippen LogP contribution in [-0.4, -0.2) is 50.2 Å². The summed E-state index contributed by atoms with van der Waals surface area (Å²) in [5.41, 5.74) is 2.30. The van der Waals surface area contributed by atoms with Crippen LogP contribution in [0.1, 0.15) is 30.5 Å². The van der Waals surface area contributed by atoms with Gasteiger partial charge in [-0.2, -0.15) is 0 Å². The number of imidazole rings is 1. The second-order valence-corrected chi connectivity index (χ2v) is 7.21. The van der Waals surface area contributed by atoms with Crippen LogP contribution in [0.4, 0.5) is 5.95 Å². The molecule has 0 spiro atoms. The molecule has 0 saturated carbocycles. The molecule has 1 aliphatic heterocycles. The van der Waals surface area contributed by atoms with E-state index in [4.69, 9.17) is 10.1 Å². The van der Waals surface area contributed by atoms with Crippen molar-refractivity contribution in [2.75, 3.05) is 24.5 Å². The number of carboxylic acid groups (broad SMARTS) is 1. The maximum Gasteiger partial charge on any atom is 1.00 e. The number of nitrogens with zero attached hydrogens (tertiary/aromatic N) is 5. The number of rotatable bonds is 6. The Kier molecular flexibility index (Phi) is 7.23. The van der Waals surface area contributed by atoms with Crippen molar-refractivity contribution in [2.45, 2.75) is 19.4 Å². The third-order valence-electron chi connectivity index (χ3n) is 5.38. The van der Waals surface area contributed by atoms with Crippen molar-refractivity contribution in [2.24, 2.45) is 13.0 Å². The minimum Gasteiger partial charge on any atom is -1.00 e. The van der Waals surface area contributed by atoms with Crippen LogP contribution < -0.4 is 39.8 Å². The molecule has 8 nitrogen and oxygen atoms in total. The molecule has 29 heavy (non-hydrogen) atoms. The number of para-hydroxylation sites is 2. The fourth-order valence-corrected chi connectivity index (χ4v) is 3.67. The van der Waals surface area contributed by atoms with Gasteiger partial charge in [-0.25, -0.2) is 19.7 Å². The van der Waals surface area contributed by atoms with Gasteiger partial charge in [0.05, 0.1) is 23.1 Å². The maximum atomic E-state index is 10.9. The predicted octanol–water partition coefficient (Wildman–Crippen LogP) is -0.816. The Bertz CT molecular complexity index is 973. The summed E-state index contributed by atoms with van der Waals surface area (Å²) in [4.78, 5) is 26.1. The number of nitrogens with one attached hydrogen (secondary N) is 1. The van der Waals surface area contributed by atoms with Gasteiger partial charge in [0.15, 0.2) is 0 Å². The van der Waals surface area contributed by atoms with Crippen molar-refractivity contribution < 1.29 is 40.9 Å². The van der Waals surface area contributed by atoms with E-state index in [-0.39, 0.29) is 36.5 Å². The van der Waals surface area contributed by atoms with E-state index in [1.165, 1.54) is 12.4 Å². The molecule has 3 aromatic rings. The van der Waals surface area contributed by atoms with Gasteiger partial charge in [-0.1, -0.05) is 12.1 Å². The van der Waals surface area contributed by atoms with Crippen LogP contribution >= 0.6 is 0 Å². The first-order valence-electron chi connectivity index (χ1n) is 9.53. The van der Waals surface area contributed by atoms with Crippen LogP contribution in [-0.2, 0) is 13.6 Å². The maximum absolute atomic E-state index is 10.9. The number of aromatic carboxylic acids is 1. The molecule has 9 heteroatoms. The van der Waals surface area contributed by atoms with Crippen molar-refractivity contribution in [1.82, 2.24) is 24.8 Å². The molecular formula is C20H25N6NaO2. The van der Waals surface area contributed by atoms with Crippen molar-refractivity contribution in [3.63, 3.8) is 0 Å². The van der Waals surface area contributed by atoms with Crippen molar-refractivity contribution in [3.05, 3.63) is 48.0 Å². The predicted molar refractivity (Wildman–Crippen MR) is 107 cm³/mol. The van der Waals surface area contributed by atoms with E-state index in [2.05, 4.69) is 37.9 Å². The molecule has 1 aliphatic rings. The Morgan fingerprint density at radius 1 is 1.24 bits per heavy atom. The van der Waals surface area contributed by atoms with E-state index in [1.807, 2.05) is 18.2 Å². The van der Waals surface area contributed by atoms with Gasteiger partial charge in [0.2, 0.25) is 5.95 Å². The average molecular weight is 404 g/mol. The minimum atomic E-state index is -1.00. The number of carbonyl (C=O) groups is 1. The smallest absolute Gasteiger partial charge is 1.00 e. The van der Waals surface area contributed by atoms with Crippen molar-refractivity contribution >= 4 is 23.0 Å². The molecule has 0 amide bonds. The molecule has 2 aromatic heterocycles. The molecule has 0 atom stereocenters. The summed E-state index contributed by atoms with van der Waals surface area (Å²) in [7, 11) is 2.06. The van der Waals surface area contributed by atoms with Gasteiger partial charge in [0, 0.05) is 32.5 Å². The van der Waals surface area contributed by atoms with E-state index in [1.54, 1.807) is 0 Å². The zero-order chi connectivity index (χ0) is 19.5. The number of benzene rings is 1. The normalized spacial score (nSPS) is 14.7. The largest absolute Gasteiger partial charge is 1.00 e. The SMILES string of the molecule is Cn1c(CNCC2CCN(c3ncc(C(=O)O)cn3)CC2)nc2ccccc21.[H-].[Na+]. The summed E-state index contributed by atoms with van der Waals surface area (Å²) in [6.07, 6.45) is 4.85. The molecule has 1 aromatic carbocycles. The van der Waals surface area contributed by atoms with Crippen LogP contribution in [0.3, 0.4) is 0 Å². The van der Waals surface area contributed by atoms with E-state index in [0.29, 0.717) is 11.9 Å². The quantitative estimate of drug-likeness (QED) is 0.519. The van der Waals surface area contributed by atoms with Gasteiger partial charge >= 0.3 is 35.5 Å². The second kappa shape index (κ2) is 9.67. The van der Waals surface area contributed by atoms with Gasteiger partial charge in [0.1, 0.15) is 5.82 Å². The number of hydrogen-bond acceptors (Lipinski definition) is 6. The molecule has 0 bridgehead atoms. The third-order valence-corrected chi connectivity index (χ3v) is 5.38. The number of piperidine rings is 1. The number of aryl methyl sites for hydroxylation is 1. The summed E-state index contributed by atoms with van der Waals surface area (Å²) in [5, 5.41) is 12.5. The molecule has 0 radical (unpaired) electrons. The monoisotopic (exact) mass is 404 g/mol. The Hall–Kier alpha value is -2.00. The van der Waals surface area contributed by atoms with Gasteiger partial charge < -0.3 is 21.3 Å². The first kappa shape index (κ1) is 21.7. The summed E-state index contributed by atoms with van der Waals surface area (Å²) >= 11 is 0. The topological polar surface area (TPSA) is 96.2 Å². The first-order chi connectivity index (χ1) is 13.6. The molecule has 1 fully saturated rings. The van der Waals surface area contributed by atoms with E-state index >= 15 is 0 Å². The first-order valence-corrected chi connectivity index (χ1v) is 9.53. The summed E-state index contributed by atoms with van der Waals surface area (Å²) < 4.78 is 2.14. The zero-order valence-electron chi connectivity index (χ0n) is 17.9. The molecule has 4 rings (SSSR count). The number of anilines is 1. The Labute approximate surface area is 193 Å². The number of fused-ring (bicyclic) bond motifs is 1. The second-order valence-electron chi connectivity index (χ2n) is 7.21. The zero-order valence-corrected chi connectivity index (χ0v) is 18.9. The van der Waals surface area contributed by atoms with Crippen LogP contribution in [0, 0.1) is 5.92 Å². The molecule has 2 N–H and O–H groups in total. The molecular weight excluding hydrogens is 379 g/mol. The molecule has 0 unspecified atom stereocenters. The average Bonchev–Trinajstić information content (AvgIpc) is 3.05. The van der Waals surface area contributed by atoms with Crippen LogP contribution in [0.2, 0.25) is 0 Å². The van der Waals surface area contributed by atoms with Gasteiger partial charge in [-0.3, -0.25) is 0 Å². The minimum absolute atomic E-state index is 0. The van der Waals surface area contributed by atoms with E-state index < -0.39 is 5.97 Å². The molecule has 3 heterocycles. The van der Waals surface area contributed by atoms with Crippen LogP contribution in [0.15, 0.2) is 36.7 Å². The molecule has 148 valence electrons. The Morgan fingerprint density at radius 3 is 2.59 bits per heavy atom. The Balaban J connectivity index is 0.00000160. The summed E-state index contributed by atoms with van der Waals surface area (Å²) in [5.74, 6) is 1.25. The number of hydrogen-bond donors (Lipinski definition) is 2.